The number of halogens is 1. The van der Waals surface area contributed by atoms with E-state index in [1.807, 2.05) is 19.1 Å². The van der Waals surface area contributed by atoms with Crippen LogP contribution in [0.25, 0.3) is 0 Å². The SMILES string of the molecule is Cc1ccc(S(=O)(=O)C2CC3(Cl)CCC2C3)cc1. The first-order valence-corrected chi connectivity index (χ1v) is 8.33. The second-order valence-corrected chi connectivity index (χ2v) is 8.72. The molecule has 0 amide bonds. The van der Waals surface area contributed by atoms with Gasteiger partial charge in [-0.05, 0) is 50.7 Å². The Kier molecular flexibility index (Phi) is 2.76. The maximum Gasteiger partial charge on any atom is 0.181 e. The lowest BCUT2D eigenvalue weighted by molar-refractivity contribution is 0.476. The summed E-state index contributed by atoms with van der Waals surface area (Å²) in [6, 6.07) is 7.15. The van der Waals surface area contributed by atoms with Gasteiger partial charge in [-0.25, -0.2) is 8.42 Å². The lowest BCUT2D eigenvalue weighted by atomic mass is 10.00. The second-order valence-electron chi connectivity index (χ2n) is 5.75. The fourth-order valence-corrected chi connectivity index (χ4v) is 6.12. The number of benzene rings is 1. The van der Waals surface area contributed by atoms with Crippen molar-refractivity contribution in [3.8, 4) is 0 Å². The van der Waals surface area contributed by atoms with Gasteiger partial charge in [0.1, 0.15) is 0 Å². The summed E-state index contributed by atoms with van der Waals surface area (Å²) in [5.41, 5.74) is 1.08. The zero-order valence-corrected chi connectivity index (χ0v) is 12.0. The third-order valence-electron chi connectivity index (χ3n) is 4.43. The van der Waals surface area contributed by atoms with Gasteiger partial charge in [-0.3, -0.25) is 0 Å². The molecule has 3 unspecified atom stereocenters. The van der Waals surface area contributed by atoms with Gasteiger partial charge in [0.25, 0.3) is 0 Å². The summed E-state index contributed by atoms with van der Waals surface area (Å²) in [4.78, 5) is 0.207. The Morgan fingerprint density at radius 2 is 1.89 bits per heavy atom. The molecule has 3 rings (SSSR count). The van der Waals surface area contributed by atoms with Crippen LogP contribution in [0.5, 0.6) is 0 Å². The van der Waals surface area contributed by atoms with Gasteiger partial charge < -0.3 is 0 Å². The molecule has 0 saturated heterocycles. The summed E-state index contributed by atoms with van der Waals surface area (Å²) in [6.07, 6.45) is 3.41. The highest BCUT2D eigenvalue weighted by Crippen LogP contribution is 2.54. The first-order valence-electron chi connectivity index (χ1n) is 6.40. The third kappa shape index (κ3) is 1.88. The standard InChI is InChI=1S/C14H17ClO2S/c1-10-2-4-12(5-3-10)18(16,17)13-9-14(15)7-6-11(13)8-14/h2-5,11,13H,6-9H2,1H3. The minimum Gasteiger partial charge on any atom is -0.223 e. The molecule has 2 fully saturated rings. The van der Waals surface area contributed by atoms with Gasteiger partial charge in [-0.15, -0.1) is 11.6 Å². The zero-order valence-electron chi connectivity index (χ0n) is 10.4. The topological polar surface area (TPSA) is 34.1 Å². The smallest absolute Gasteiger partial charge is 0.181 e. The van der Waals surface area contributed by atoms with Crippen LogP contribution in [0, 0.1) is 12.8 Å². The molecule has 2 nitrogen and oxygen atoms in total. The minimum atomic E-state index is -3.21. The van der Waals surface area contributed by atoms with Gasteiger partial charge in [0.05, 0.1) is 10.1 Å². The van der Waals surface area contributed by atoms with Gasteiger partial charge >= 0.3 is 0 Å². The summed E-state index contributed by atoms with van der Waals surface area (Å²) < 4.78 is 25.2. The van der Waals surface area contributed by atoms with E-state index in [0.29, 0.717) is 11.3 Å². The maximum absolute atomic E-state index is 12.6. The largest absolute Gasteiger partial charge is 0.223 e. The van der Waals surface area contributed by atoms with Crippen LogP contribution in [0.1, 0.15) is 31.2 Å². The van der Waals surface area contributed by atoms with E-state index in [2.05, 4.69) is 0 Å². The van der Waals surface area contributed by atoms with Gasteiger partial charge in [0, 0.05) is 4.87 Å². The molecule has 0 aromatic heterocycles. The zero-order chi connectivity index (χ0) is 13.0. The van der Waals surface area contributed by atoms with Crippen LogP contribution in [-0.2, 0) is 9.84 Å². The molecule has 18 heavy (non-hydrogen) atoms. The number of hydrogen-bond donors (Lipinski definition) is 0. The number of fused-ring (bicyclic) bond motifs is 2. The maximum atomic E-state index is 12.6. The Hall–Kier alpha value is -0.540. The van der Waals surface area contributed by atoms with Crippen molar-refractivity contribution in [1.29, 1.82) is 0 Å². The molecule has 2 aliphatic rings. The number of aryl methyl sites for hydroxylation is 1. The molecular weight excluding hydrogens is 268 g/mol. The van der Waals surface area contributed by atoms with E-state index in [-0.39, 0.29) is 16.0 Å². The number of rotatable bonds is 2. The minimum absolute atomic E-state index is 0.243. The summed E-state index contributed by atoms with van der Waals surface area (Å²) in [7, 11) is -3.21. The molecular formula is C14H17ClO2S. The predicted molar refractivity (Wildman–Crippen MR) is 72.7 cm³/mol. The molecule has 0 radical (unpaired) electrons. The molecule has 2 aliphatic carbocycles. The molecule has 98 valence electrons. The van der Waals surface area contributed by atoms with Crippen molar-refractivity contribution in [1.82, 2.24) is 0 Å². The van der Waals surface area contributed by atoms with E-state index < -0.39 is 9.84 Å². The Bertz CT molecular complexity index is 564. The predicted octanol–water partition coefficient (Wildman–Crippen LogP) is 3.32. The molecule has 0 aliphatic heterocycles. The molecule has 3 atom stereocenters. The number of sulfone groups is 1. The van der Waals surface area contributed by atoms with Gasteiger partial charge in [0.2, 0.25) is 0 Å². The van der Waals surface area contributed by atoms with Crippen LogP contribution >= 0.6 is 11.6 Å². The lowest BCUT2D eigenvalue weighted by Gasteiger charge is -2.24. The van der Waals surface area contributed by atoms with Gasteiger partial charge in [-0.1, -0.05) is 17.7 Å². The third-order valence-corrected chi connectivity index (χ3v) is 7.21. The van der Waals surface area contributed by atoms with E-state index in [9.17, 15) is 8.42 Å². The van der Waals surface area contributed by atoms with Crippen molar-refractivity contribution >= 4 is 21.4 Å². The van der Waals surface area contributed by atoms with Crippen LogP contribution in [-0.4, -0.2) is 18.5 Å². The Morgan fingerprint density at radius 3 is 2.39 bits per heavy atom. The molecule has 0 heterocycles. The highest BCUT2D eigenvalue weighted by atomic mass is 35.5. The Balaban J connectivity index is 1.94. The Morgan fingerprint density at radius 1 is 1.22 bits per heavy atom. The fourth-order valence-electron chi connectivity index (χ4n) is 3.41. The van der Waals surface area contributed by atoms with Crippen LogP contribution in [0.3, 0.4) is 0 Å². The average molecular weight is 285 g/mol. The highest BCUT2D eigenvalue weighted by molar-refractivity contribution is 7.92. The van der Waals surface area contributed by atoms with E-state index >= 15 is 0 Å². The highest BCUT2D eigenvalue weighted by Gasteiger charge is 2.54. The van der Waals surface area contributed by atoms with Gasteiger partial charge in [0.15, 0.2) is 9.84 Å². The normalized spacial score (nSPS) is 35.0. The quantitative estimate of drug-likeness (QED) is 0.781. The fraction of sp³-hybridized carbons (Fsp3) is 0.571. The molecule has 1 aromatic rings. The van der Waals surface area contributed by atoms with Crippen molar-refractivity contribution in [2.75, 3.05) is 0 Å². The van der Waals surface area contributed by atoms with Crippen LogP contribution < -0.4 is 0 Å². The summed E-state index contributed by atoms with van der Waals surface area (Å²) in [5.74, 6) is 0.258. The van der Waals surface area contributed by atoms with Gasteiger partial charge in [-0.2, -0.15) is 0 Å². The van der Waals surface area contributed by atoms with Crippen LogP contribution in [0.2, 0.25) is 0 Å². The van der Waals surface area contributed by atoms with Crippen molar-refractivity contribution < 1.29 is 8.42 Å². The first kappa shape index (κ1) is 12.5. The number of alkyl halides is 1. The van der Waals surface area contributed by atoms with E-state index in [4.69, 9.17) is 11.6 Å². The molecule has 1 aromatic carbocycles. The van der Waals surface area contributed by atoms with E-state index in [1.165, 1.54) is 0 Å². The molecule has 0 N–H and O–H groups in total. The summed E-state index contributed by atoms with van der Waals surface area (Å²) >= 11 is 6.45. The summed E-state index contributed by atoms with van der Waals surface area (Å²) in [5, 5.41) is -0.272. The first-order chi connectivity index (χ1) is 8.41. The summed E-state index contributed by atoms with van der Waals surface area (Å²) in [6.45, 7) is 1.96. The second kappa shape index (κ2) is 3.97. The van der Waals surface area contributed by atoms with Crippen LogP contribution in [0.15, 0.2) is 29.2 Å². The van der Waals surface area contributed by atoms with E-state index in [0.717, 1.165) is 24.8 Å². The monoisotopic (exact) mass is 284 g/mol. The molecule has 4 heteroatoms. The van der Waals surface area contributed by atoms with Crippen LogP contribution in [0.4, 0.5) is 0 Å². The molecule has 2 saturated carbocycles. The lowest BCUT2D eigenvalue weighted by Crippen LogP contribution is -2.30. The molecule has 2 bridgehead atoms. The average Bonchev–Trinajstić information content (AvgIpc) is 2.85. The van der Waals surface area contributed by atoms with Crippen molar-refractivity contribution in [3.63, 3.8) is 0 Å². The number of hydrogen-bond acceptors (Lipinski definition) is 2. The Labute approximate surface area is 113 Å². The van der Waals surface area contributed by atoms with Crippen molar-refractivity contribution in [2.45, 2.75) is 47.6 Å². The van der Waals surface area contributed by atoms with Crippen molar-refractivity contribution in [3.05, 3.63) is 29.8 Å². The molecule has 0 spiro atoms. The van der Waals surface area contributed by atoms with E-state index in [1.54, 1.807) is 12.1 Å². The van der Waals surface area contributed by atoms with Crippen molar-refractivity contribution in [2.24, 2.45) is 5.92 Å².